The van der Waals surface area contributed by atoms with Crippen molar-refractivity contribution in [3.63, 3.8) is 0 Å². The van der Waals surface area contributed by atoms with Crippen LogP contribution in [-0.4, -0.2) is 64.9 Å². The highest BCUT2D eigenvalue weighted by Gasteiger charge is 2.54. The van der Waals surface area contributed by atoms with Crippen LogP contribution in [-0.2, 0) is 11.2 Å². The first-order valence-electron chi connectivity index (χ1n) is 11.4. The second-order valence-electron chi connectivity index (χ2n) is 9.99. The SMILES string of the molecule is CC1=CC(CCC(=O)O)=[N+]2C1=Cc1c(CCC[N+](C)(C)C)cc(-c3ccccc3)n1[B-]2(F)F. The van der Waals surface area contributed by atoms with Crippen LogP contribution in [0.5, 0.6) is 0 Å². The standard InChI is InChI=1S/C25H30BF2N3O2/c1-18-15-21(12-13-25(32)33)29-22(18)17-24-20(11-8-14-31(2,3)4)16-23(30(24)26(29,27)28)19-9-6-5-7-10-19/h5-7,9-10,15-17H,8,11-14H2,1-4H3/p+1. The summed E-state index contributed by atoms with van der Waals surface area (Å²) in [5, 5.41) is 9.10. The van der Waals surface area contributed by atoms with Gasteiger partial charge in [0.1, 0.15) is 5.71 Å². The monoisotopic (exact) mass is 454 g/mol. The molecular weight excluding hydrogens is 423 g/mol. The summed E-state index contributed by atoms with van der Waals surface area (Å²) in [6.07, 6.45) is 5.05. The molecule has 0 spiro atoms. The third kappa shape index (κ3) is 4.44. The molecule has 0 atom stereocenters. The summed E-state index contributed by atoms with van der Waals surface area (Å²) in [5.74, 6) is -0.995. The minimum Gasteiger partial charge on any atom is -0.481 e. The van der Waals surface area contributed by atoms with Crippen LogP contribution in [0, 0.1) is 0 Å². The smallest absolute Gasteiger partial charge is 0.481 e. The highest BCUT2D eigenvalue weighted by atomic mass is 19.2. The molecule has 0 saturated carbocycles. The summed E-state index contributed by atoms with van der Waals surface area (Å²) >= 11 is 0. The van der Waals surface area contributed by atoms with Gasteiger partial charge in [-0.15, -0.1) is 0 Å². The summed E-state index contributed by atoms with van der Waals surface area (Å²) in [6, 6.07) is 11.2. The predicted molar refractivity (Wildman–Crippen MR) is 128 cm³/mol. The maximum atomic E-state index is 16.3. The van der Waals surface area contributed by atoms with Crippen molar-refractivity contribution in [2.75, 3.05) is 27.7 Å². The number of halogens is 2. The average molecular weight is 454 g/mol. The van der Waals surface area contributed by atoms with Crippen molar-refractivity contribution < 1.29 is 27.5 Å². The Kier molecular flexibility index (Phi) is 5.91. The molecule has 0 fully saturated rings. The van der Waals surface area contributed by atoms with E-state index < -0.39 is 12.9 Å². The van der Waals surface area contributed by atoms with E-state index >= 15 is 8.63 Å². The molecule has 1 aromatic heterocycles. The van der Waals surface area contributed by atoms with E-state index in [1.165, 1.54) is 4.48 Å². The molecule has 0 saturated heterocycles. The molecular formula is C25H31BF2N3O2+. The van der Waals surface area contributed by atoms with Gasteiger partial charge in [0.25, 0.3) is 0 Å². The van der Waals surface area contributed by atoms with E-state index in [0.717, 1.165) is 38.6 Å². The van der Waals surface area contributed by atoms with E-state index in [9.17, 15) is 4.79 Å². The molecule has 0 unspecified atom stereocenters. The number of aryl methyl sites for hydroxylation is 1. The van der Waals surface area contributed by atoms with Crippen molar-refractivity contribution in [1.29, 1.82) is 0 Å². The molecule has 0 radical (unpaired) electrons. The minimum atomic E-state index is -4.19. The fraction of sp³-hybridized carbons (Fsp3) is 0.360. The summed E-state index contributed by atoms with van der Waals surface area (Å²) in [5.41, 5.74) is 4.28. The van der Waals surface area contributed by atoms with Crippen molar-refractivity contribution in [3.05, 3.63) is 65.0 Å². The van der Waals surface area contributed by atoms with Gasteiger partial charge in [-0.05, 0) is 30.5 Å². The number of fused-ring (bicyclic) bond motifs is 2. The highest BCUT2D eigenvalue weighted by Crippen LogP contribution is 2.40. The first-order valence-corrected chi connectivity index (χ1v) is 11.4. The normalized spacial score (nSPS) is 16.9. The van der Waals surface area contributed by atoms with Gasteiger partial charge >= 0.3 is 12.9 Å². The van der Waals surface area contributed by atoms with Crippen LogP contribution in [0.4, 0.5) is 8.63 Å². The zero-order valence-corrected chi connectivity index (χ0v) is 19.7. The molecule has 4 rings (SSSR count). The van der Waals surface area contributed by atoms with Crippen molar-refractivity contribution in [1.82, 2.24) is 4.48 Å². The predicted octanol–water partition coefficient (Wildman–Crippen LogP) is 4.65. The van der Waals surface area contributed by atoms with Crippen molar-refractivity contribution in [3.8, 4) is 11.3 Å². The lowest BCUT2D eigenvalue weighted by atomic mass is 9.88. The number of allylic oxidation sites excluding steroid dienone is 2. The molecule has 2 aliphatic rings. The van der Waals surface area contributed by atoms with Gasteiger partial charge in [-0.2, -0.15) is 0 Å². The van der Waals surface area contributed by atoms with Gasteiger partial charge in [0, 0.05) is 42.0 Å². The molecule has 8 heteroatoms. The van der Waals surface area contributed by atoms with Crippen LogP contribution < -0.4 is 0 Å². The number of carbonyl (C=O) groups is 1. The zero-order chi connectivity index (χ0) is 24.0. The Morgan fingerprint density at radius 1 is 1.12 bits per heavy atom. The van der Waals surface area contributed by atoms with Crippen LogP contribution in [0.2, 0.25) is 0 Å². The first kappa shape index (κ1) is 23.2. The second-order valence-corrected chi connectivity index (χ2v) is 9.99. The topological polar surface area (TPSA) is 45.2 Å². The summed E-state index contributed by atoms with van der Waals surface area (Å²) in [6.45, 7) is -1.43. The van der Waals surface area contributed by atoms with Gasteiger partial charge < -0.3 is 27.2 Å². The number of benzene rings is 1. The summed E-state index contributed by atoms with van der Waals surface area (Å²) in [4.78, 5) is 11.1. The van der Waals surface area contributed by atoms with Gasteiger partial charge in [0.2, 0.25) is 0 Å². The van der Waals surface area contributed by atoms with Crippen molar-refractivity contribution in [2.24, 2.45) is 0 Å². The van der Waals surface area contributed by atoms with E-state index in [1.54, 1.807) is 6.08 Å². The van der Waals surface area contributed by atoms with Crippen LogP contribution in [0.25, 0.3) is 17.3 Å². The summed E-state index contributed by atoms with van der Waals surface area (Å²) in [7, 11) is 6.38. The van der Waals surface area contributed by atoms with E-state index in [1.807, 2.05) is 49.4 Å². The van der Waals surface area contributed by atoms with E-state index in [2.05, 4.69) is 21.1 Å². The van der Waals surface area contributed by atoms with Crippen LogP contribution >= 0.6 is 0 Å². The number of quaternary nitrogens is 1. The molecule has 0 aliphatic carbocycles. The highest BCUT2D eigenvalue weighted by molar-refractivity contribution is 6.58. The van der Waals surface area contributed by atoms with Gasteiger partial charge in [-0.25, -0.2) is 0 Å². The largest absolute Gasteiger partial charge is 0.737 e. The van der Waals surface area contributed by atoms with Gasteiger partial charge in [-0.1, -0.05) is 30.3 Å². The van der Waals surface area contributed by atoms with Crippen LogP contribution in [0.15, 0.2) is 53.7 Å². The van der Waals surface area contributed by atoms with Crippen LogP contribution in [0.3, 0.4) is 0 Å². The number of hydrogen-bond donors (Lipinski definition) is 1. The third-order valence-corrected chi connectivity index (χ3v) is 6.35. The maximum absolute atomic E-state index is 16.3. The quantitative estimate of drug-likeness (QED) is 0.466. The van der Waals surface area contributed by atoms with Gasteiger partial charge in [0.05, 0.1) is 34.1 Å². The number of nitrogens with zero attached hydrogens (tertiary/aromatic N) is 3. The molecule has 3 heterocycles. The number of aromatic nitrogens is 1. The average Bonchev–Trinajstić information content (AvgIpc) is 3.26. The second kappa shape index (κ2) is 8.41. The lowest BCUT2D eigenvalue weighted by Gasteiger charge is -2.31. The molecule has 174 valence electrons. The number of carboxylic acids is 1. The maximum Gasteiger partial charge on any atom is 0.737 e. The van der Waals surface area contributed by atoms with E-state index in [4.69, 9.17) is 5.11 Å². The third-order valence-electron chi connectivity index (χ3n) is 6.35. The molecule has 33 heavy (non-hydrogen) atoms. The van der Waals surface area contributed by atoms with Crippen molar-refractivity contribution >= 4 is 24.7 Å². The Bertz CT molecular complexity index is 1190. The van der Waals surface area contributed by atoms with Gasteiger partial charge in [-0.3, -0.25) is 4.79 Å². The Labute approximate surface area is 193 Å². The molecule has 0 bridgehead atoms. The Balaban J connectivity index is 1.86. The number of rotatable bonds is 8. The Morgan fingerprint density at radius 3 is 2.45 bits per heavy atom. The van der Waals surface area contributed by atoms with E-state index in [0.29, 0.717) is 29.2 Å². The summed E-state index contributed by atoms with van der Waals surface area (Å²) < 4.78 is 35.6. The fourth-order valence-corrected chi connectivity index (χ4v) is 4.83. The number of hydrogen-bond acceptors (Lipinski definition) is 1. The molecule has 1 aromatic carbocycles. The van der Waals surface area contributed by atoms with Gasteiger partial charge in [0.15, 0.2) is 5.70 Å². The fourth-order valence-electron chi connectivity index (χ4n) is 4.83. The molecule has 1 N–H and O–H groups in total. The first-order chi connectivity index (χ1) is 15.5. The van der Waals surface area contributed by atoms with Crippen molar-refractivity contribution in [2.45, 2.75) is 32.6 Å². The van der Waals surface area contributed by atoms with E-state index in [-0.39, 0.29) is 12.8 Å². The zero-order valence-electron chi connectivity index (χ0n) is 19.7. The minimum absolute atomic E-state index is 0.0645. The molecule has 5 nitrogen and oxygen atoms in total. The lowest BCUT2D eigenvalue weighted by molar-refractivity contribution is -0.870. The molecule has 2 aliphatic heterocycles. The Morgan fingerprint density at radius 2 is 1.82 bits per heavy atom. The Hall–Kier alpha value is -3.00. The number of aliphatic carboxylic acids is 1. The van der Waals surface area contributed by atoms with Crippen LogP contribution in [0.1, 0.15) is 37.4 Å². The molecule has 2 aromatic rings. The lowest BCUT2D eigenvalue weighted by Crippen LogP contribution is -2.50. The molecule has 0 amide bonds. The number of carboxylic acid groups (broad SMARTS) is 1.